The van der Waals surface area contributed by atoms with E-state index in [0.29, 0.717) is 12.8 Å². The highest BCUT2D eigenvalue weighted by molar-refractivity contribution is 5.77. The molecule has 0 aromatic rings. The summed E-state index contributed by atoms with van der Waals surface area (Å²) < 4.78 is 5.35. The number of carbonyl (C=O) groups excluding carboxylic acids is 1. The smallest absolute Gasteiger partial charge is 0.345 e. The first-order valence-electron chi connectivity index (χ1n) is 23.0. The van der Waals surface area contributed by atoms with E-state index in [1.807, 2.05) is 0 Å². The number of carboxylic acid groups (broad SMARTS) is 1. The molecule has 0 bridgehead atoms. The van der Waals surface area contributed by atoms with Gasteiger partial charge in [-0.2, -0.15) is 0 Å². The number of aliphatic carboxylic acids is 1. The molecule has 0 spiro atoms. The quantitative estimate of drug-likeness (QED) is 0.0506. The predicted octanol–water partition coefficient (Wildman–Crippen LogP) is 16.0. The van der Waals surface area contributed by atoms with Crippen molar-refractivity contribution in [2.24, 2.45) is 0 Å². The van der Waals surface area contributed by atoms with Crippen LogP contribution in [-0.2, 0) is 14.3 Å². The molecule has 50 heavy (non-hydrogen) atoms. The number of hydrogen-bond donors (Lipinski definition) is 1. The average Bonchev–Trinajstić information content (AvgIpc) is 3.11. The molecule has 0 amide bonds. The number of ether oxygens (including phenoxy) is 1. The van der Waals surface area contributed by atoms with E-state index in [4.69, 9.17) is 4.74 Å². The van der Waals surface area contributed by atoms with Crippen LogP contribution in [0.5, 0.6) is 0 Å². The maximum atomic E-state index is 12.3. The summed E-state index contributed by atoms with van der Waals surface area (Å²) in [5, 5.41) is 9.54. The van der Waals surface area contributed by atoms with E-state index in [1.54, 1.807) is 0 Å². The number of carbonyl (C=O) groups is 2. The van der Waals surface area contributed by atoms with Crippen LogP contribution < -0.4 is 0 Å². The molecule has 0 aromatic heterocycles. The van der Waals surface area contributed by atoms with E-state index in [-0.39, 0.29) is 5.97 Å². The van der Waals surface area contributed by atoms with E-state index < -0.39 is 12.1 Å². The van der Waals surface area contributed by atoms with Crippen molar-refractivity contribution in [2.75, 3.05) is 0 Å². The summed E-state index contributed by atoms with van der Waals surface area (Å²) in [7, 11) is 0. The van der Waals surface area contributed by atoms with Gasteiger partial charge in [0.2, 0.25) is 0 Å². The number of rotatable bonds is 43. The van der Waals surface area contributed by atoms with Crippen LogP contribution in [0, 0.1) is 0 Å². The van der Waals surface area contributed by atoms with E-state index in [0.717, 1.165) is 38.5 Å². The molecule has 1 atom stereocenters. The first-order chi connectivity index (χ1) is 24.6. The van der Waals surface area contributed by atoms with Crippen molar-refractivity contribution in [3.63, 3.8) is 0 Å². The number of hydrogen-bond acceptors (Lipinski definition) is 3. The summed E-state index contributed by atoms with van der Waals surface area (Å²) >= 11 is 0. The van der Waals surface area contributed by atoms with Crippen molar-refractivity contribution < 1.29 is 19.4 Å². The van der Waals surface area contributed by atoms with Crippen LogP contribution in [0.2, 0.25) is 0 Å². The second kappa shape index (κ2) is 42.4. The van der Waals surface area contributed by atoms with E-state index in [9.17, 15) is 14.7 Å². The molecule has 0 aromatic carbocycles. The molecular weight excluding hydrogens is 617 g/mol. The first-order valence-corrected chi connectivity index (χ1v) is 23.0. The van der Waals surface area contributed by atoms with Gasteiger partial charge in [0, 0.05) is 6.42 Å². The highest BCUT2D eigenvalue weighted by atomic mass is 16.6. The van der Waals surface area contributed by atoms with Gasteiger partial charge < -0.3 is 9.84 Å². The summed E-state index contributed by atoms with van der Waals surface area (Å²) in [5.41, 5.74) is 0. The largest absolute Gasteiger partial charge is 0.479 e. The molecule has 0 saturated heterocycles. The Kier molecular flexibility index (Phi) is 41.5. The zero-order valence-corrected chi connectivity index (χ0v) is 34.2. The zero-order valence-electron chi connectivity index (χ0n) is 34.2. The molecular formula is C46H90O4. The molecule has 298 valence electrons. The normalized spacial score (nSPS) is 12.0. The lowest BCUT2D eigenvalue weighted by atomic mass is 10.0. The minimum absolute atomic E-state index is 0.336. The molecule has 4 heteroatoms. The lowest BCUT2D eigenvalue weighted by molar-refractivity contribution is -0.164. The summed E-state index contributed by atoms with van der Waals surface area (Å²) in [6.45, 7) is 4.57. The molecule has 0 aliphatic rings. The molecule has 0 radical (unpaired) electrons. The lowest BCUT2D eigenvalue weighted by Crippen LogP contribution is -2.27. The topological polar surface area (TPSA) is 63.6 Å². The Balaban J connectivity index is 3.45. The number of esters is 1. The summed E-state index contributed by atoms with van der Waals surface area (Å²) in [4.78, 5) is 23.9. The number of unbranched alkanes of at least 4 members (excludes halogenated alkanes) is 37. The van der Waals surface area contributed by atoms with Crippen LogP contribution >= 0.6 is 0 Å². The van der Waals surface area contributed by atoms with Crippen molar-refractivity contribution in [3.8, 4) is 0 Å². The van der Waals surface area contributed by atoms with Crippen LogP contribution in [0.4, 0.5) is 0 Å². The fraction of sp³-hybridized carbons (Fsp3) is 0.957. The second-order valence-electron chi connectivity index (χ2n) is 15.9. The minimum Gasteiger partial charge on any atom is -0.479 e. The molecule has 0 heterocycles. The SMILES string of the molecule is CCCCCCCCCCCCCCCCCCCCCCC(OC(=O)CCCCCCCCCCCCCCCCCCCCC)C(=O)O. The van der Waals surface area contributed by atoms with Gasteiger partial charge in [-0.1, -0.05) is 251 Å². The van der Waals surface area contributed by atoms with Crippen LogP contribution in [0.15, 0.2) is 0 Å². The van der Waals surface area contributed by atoms with E-state index >= 15 is 0 Å². The van der Waals surface area contributed by atoms with Crippen LogP contribution in [0.1, 0.15) is 277 Å². The molecule has 4 nitrogen and oxygen atoms in total. The van der Waals surface area contributed by atoms with Gasteiger partial charge in [0.25, 0.3) is 0 Å². The lowest BCUT2D eigenvalue weighted by Gasteiger charge is -2.13. The fourth-order valence-electron chi connectivity index (χ4n) is 7.38. The summed E-state index contributed by atoms with van der Waals surface area (Å²) in [6, 6.07) is 0. The van der Waals surface area contributed by atoms with Gasteiger partial charge in [0.15, 0.2) is 6.10 Å². The maximum absolute atomic E-state index is 12.3. The fourth-order valence-corrected chi connectivity index (χ4v) is 7.38. The minimum atomic E-state index is -0.996. The zero-order chi connectivity index (χ0) is 36.4. The van der Waals surface area contributed by atoms with Gasteiger partial charge in [0.05, 0.1) is 0 Å². The van der Waals surface area contributed by atoms with Crippen LogP contribution in [0.3, 0.4) is 0 Å². The molecule has 0 saturated carbocycles. The Bertz CT molecular complexity index is 677. The molecule has 0 aliphatic carbocycles. The molecule has 0 fully saturated rings. The average molecular weight is 707 g/mol. The van der Waals surface area contributed by atoms with Gasteiger partial charge in [-0.25, -0.2) is 4.79 Å². The van der Waals surface area contributed by atoms with E-state index in [1.165, 1.54) is 212 Å². The van der Waals surface area contributed by atoms with Crippen LogP contribution in [-0.4, -0.2) is 23.1 Å². The Morgan fingerprint density at radius 2 is 0.580 bits per heavy atom. The highest BCUT2D eigenvalue weighted by Gasteiger charge is 2.21. The van der Waals surface area contributed by atoms with Crippen molar-refractivity contribution in [1.29, 1.82) is 0 Å². The summed E-state index contributed by atoms with van der Waals surface area (Å²) in [5.74, 6) is -1.33. The van der Waals surface area contributed by atoms with Gasteiger partial charge in [-0.15, -0.1) is 0 Å². The van der Waals surface area contributed by atoms with Crippen molar-refractivity contribution in [1.82, 2.24) is 0 Å². The maximum Gasteiger partial charge on any atom is 0.345 e. The molecule has 1 unspecified atom stereocenters. The summed E-state index contributed by atoms with van der Waals surface area (Å²) in [6.07, 6.45) is 51.6. The molecule has 1 N–H and O–H groups in total. The third-order valence-corrected chi connectivity index (χ3v) is 10.9. The molecule has 0 rings (SSSR count). The predicted molar refractivity (Wildman–Crippen MR) is 218 cm³/mol. The van der Waals surface area contributed by atoms with Gasteiger partial charge in [-0.3, -0.25) is 4.79 Å². The third-order valence-electron chi connectivity index (χ3n) is 10.9. The van der Waals surface area contributed by atoms with Crippen LogP contribution in [0.25, 0.3) is 0 Å². The van der Waals surface area contributed by atoms with Crippen molar-refractivity contribution >= 4 is 11.9 Å². The van der Waals surface area contributed by atoms with E-state index in [2.05, 4.69) is 13.8 Å². The van der Waals surface area contributed by atoms with Crippen molar-refractivity contribution in [2.45, 2.75) is 283 Å². The highest BCUT2D eigenvalue weighted by Crippen LogP contribution is 2.18. The van der Waals surface area contributed by atoms with Crippen molar-refractivity contribution in [3.05, 3.63) is 0 Å². The molecule has 0 aliphatic heterocycles. The number of carboxylic acids is 1. The monoisotopic (exact) mass is 707 g/mol. The Morgan fingerprint density at radius 1 is 0.360 bits per heavy atom. The van der Waals surface area contributed by atoms with Gasteiger partial charge >= 0.3 is 11.9 Å². The van der Waals surface area contributed by atoms with Gasteiger partial charge in [0.1, 0.15) is 0 Å². The first kappa shape index (κ1) is 48.9. The third kappa shape index (κ3) is 39.7. The Labute approximate surface area is 313 Å². The van der Waals surface area contributed by atoms with Gasteiger partial charge in [-0.05, 0) is 19.3 Å². The Hall–Kier alpha value is -1.06. The second-order valence-corrected chi connectivity index (χ2v) is 15.9. The Morgan fingerprint density at radius 3 is 0.820 bits per heavy atom. The standard InChI is InChI=1S/C46H90O4/c1-3-5-7-9-11-13-15-17-19-21-23-25-26-28-30-32-34-36-38-40-42-44(46(48)49)50-45(47)43-41-39-37-35-33-31-29-27-24-22-20-18-16-14-12-10-8-6-4-2/h44H,3-43H2,1-2H3,(H,48,49).